The van der Waals surface area contributed by atoms with E-state index in [9.17, 15) is 14.7 Å². The summed E-state index contributed by atoms with van der Waals surface area (Å²) < 4.78 is 0. The molecule has 1 aliphatic heterocycles. The molecule has 0 saturated carbocycles. The summed E-state index contributed by atoms with van der Waals surface area (Å²) in [6.45, 7) is 1.50. The maximum Gasteiger partial charge on any atom is 0.261 e. The van der Waals surface area contributed by atoms with E-state index in [1.54, 1.807) is 30.3 Å². The van der Waals surface area contributed by atoms with E-state index in [0.29, 0.717) is 5.69 Å². The van der Waals surface area contributed by atoms with E-state index in [0.717, 1.165) is 5.01 Å². The number of benzene rings is 1. The minimum Gasteiger partial charge on any atom is -0.549 e. The smallest absolute Gasteiger partial charge is 0.261 e. The van der Waals surface area contributed by atoms with Crippen LogP contribution in [0.15, 0.2) is 35.4 Å². The fourth-order valence-electron chi connectivity index (χ4n) is 1.59. The van der Waals surface area contributed by atoms with Crippen LogP contribution in [0.4, 0.5) is 5.69 Å². The Hall–Kier alpha value is -2.17. The van der Waals surface area contributed by atoms with Gasteiger partial charge in [-0.1, -0.05) is 18.2 Å². The molecule has 0 N–H and O–H groups in total. The summed E-state index contributed by atoms with van der Waals surface area (Å²) in [7, 11) is 0. The number of amides is 1. The lowest BCUT2D eigenvalue weighted by atomic mass is 10.1. The Balaban J connectivity index is 2.35. The minimum absolute atomic E-state index is 0.244. The van der Waals surface area contributed by atoms with Crippen LogP contribution in [0.3, 0.4) is 0 Å². The molecule has 5 nitrogen and oxygen atoms in total. The molecule has 1 atom stereocenters. The first kappa shape index (κ1) is 10.4. The normalized spacial score (nSPS) is 19.8. The molecule has 1 heterocycles. The highest BCUT2D eigenvalue weighted by Crippen LogP contribution is 2.22. The molecule has 1 aliphatic rings. The topological polar surface area (TPSA) is 72.8 Å². The van der Waals surface area contributed by atoms with Crippen molar-refractivity contribution >= 4 is 23.3 Å². The molecule has 82 valence electrons. The number of hydrogen-bond acceptors (Lipinski definition) is 4. The van der Waals surface area contributed by atoms with Crippen molar-refractivity contribution in [3.8, 4) is 0 Å². The number of para-hydroxylation sites is 1. The van der Waals surface area contributed by atoms with Gasteiger partial charge in [-0.2, -0.15) is 10.1 Å². The number of carboxylic acid groups (broad SMARTS) is 1. The predicted octanol–water partition coefficient (Wildman–Crippen LogP) is -0.225. The third kappa shape index (κ3) is 1.56. The molecule has 2 rings (SSSR count). The van der Waals surface area contributed by atoms with Crippen molar-refractivity contribution in [2.24, 2.45) is 11.0 Å². The Bertz CT molecular complexity index is 467. The SMILES string of the molecule is CC1=NN(c2ccccc2)C(=O)[C@@H]1C(=O)[O-]. The largest absolute Gasteiger partial charge is 0.549 e. The number of anilines is 1. The number of aliphatic carboxylic acids is 1. The second-order valence-electron chi connectivity index (χ2n) is 3.48. The zero-order chi connectivity index (χ0) is 11.7. The van der Waals surface area contributed by atoms with E-state index in [-0.39, 0.29) is 5.71 Å². The Labute approximate surface area is 92.0 Å². The van der Waals surface area contributed by atoms with Crippen molar-refractivity contribution in [2.45, 2.75) is 6.92 Å². The summed E-state index contributed by atoms with van der Waals surface area (Å²) in [4.78, 5) is 22.5. The first-order chi connectivity index (χ1) is 7.61. The molecule has 0 spiro atoms. The maximum atomic E-state index is 11.7. The fourth-order valence-corrected chi connectivity index (χ4v) is 1.59. The molecule has 0 unspecified atom stereocenters. The van der Waals surface area contributed by atoms with Crippen molar-refractivity contribution in [3.63, 3.8) is 0 Å². The van der Waals surface area contributed by atoms with Gasteiger partial charge in [-0.3, -0.25) is 4.79 Å². The lowest BCUT2D eigenvalue weighted by molar-refractivity contribution is -0.307. The van der Waals surface area contributed by atoms with Gasteiger partial charge in [0.25, 0.3) is 5.91 Å². The molecule has 1 aromatic carbocycles. The van der Waals surface area contributed by atoms with Gasteiger partial charge in [0.2, 0.25) is 0 Å². The van der Waals surface area contributed by atoms with Crippen molar-refractivity contribution in [1.29, 1.82) is 0 Å². The van der Waals surface area contributed by atoms with Crippen molar-refractivity contribution in [2.75, 3.05) is 5.01 Å². The number of hydrogen-bond donors (Lipinski definition) is 0. The zero-order valence-electron chi connectivity index (χ0n) is 8.58. The molecular formula is C11H9N2O3-. The summed E-state index contributed by atoms with van der Waals surface area (Å²) in [5.41, 5.74) is 0.796. The van der Waals surface area contributed by atoms with Gasteiger partial charge in [0.1, 0.15) is 5.92 Å². The molecule has 5 heteroatoms. The molecule has 0 aliphatic carbocycles. The van der Waals surface area contributed by atoms with Gasteiger partial charge in [0.15, 0.2) is 0 Å². The van der Waals surface area contributed by atoms with Crippen LogP contribution in [0.1, 0.15) is 6.92 Å². The van der Waals surface area contributed by atoms with Gasteiger partial charge >= 0.3 is 0 Å². The highest BCUT2D eigenvalue weighted by atomic mass is 16.4. The minimum atomic E-state index is -1.41. The standard InChI is InChI=1S/C11H10N2O3/c1-7-9(11(15)16)10(14)13(12-7)8-5-3-2-4-6-8/h2-6,9H,1H3,(H,15,16)/p-1/t9-/m1/s1. The highest BCUT2D eigenvalue weighted by molar-refractivity contribution is 6.24. The van der Waals surface area contributed by atoms with Crippen LogP contribution in [0.5, 0.6) is 0 Å². The first-order valence-corrected chi connectivity index (χ1v) is 4.76. The van der Waals surface area contributed by atoms with Crippen LogP contribution in [0.2, 0.25) is 0 Å². The number of rotatable bonds is 2. The zero-order valence-corrected chi connectivity index (χ0v) is 8.58. The summed E-state index contributed by atoms with van der Waals surface area (Å²) in [5.74, 6) is -3.26. The van der Waals surface area contributed by atoms with Gasteiger partial charge in [-0.05, 0) is 19.1 Å². The average Bonchev–Trinajstić information content (AvgIpc) is 2.55. The Morgan fingerprint density at radius 2 is 2.00 bits per heavy atom. The van der Waals surface area contributed by atoms with E-state index in [1.165, 1.54) is 6.92 Å². The van der Waals surface area contributed by atoms with Gasteiger partial charge < -0.3 is 9.90 Å². The van der Waals surface area contributed by atoms with Crippen LogP contribution in [-0.4, -0.2) is 17.6 Å². The third-order valence-corrected chi connectivity index (χ3v) is 2.37. The molecule has 1 aromatic rings. The number of carbonyl (C=O) groups is 2. The summed E-state index contributed by atoms with van der Waals surface area (Å²) in [6.07, 6.45) is 0. The lowest BCUT2D eigenvalue weighted by Crippen LogP contribution is -2.41. The third-order valence-electron chi connectivity index (χ3n) is 2.37. The molecule has 0 aromatic heterocycles. The van der Waals surface area contributed by atoms with Crippen LogP contribution in [0, 0.1) is 5.92 Å². The molecule has 0 fully saturated rings. The summed E-state index contributed by atoms with van der Waals surface area (Å²) in [6, 6.07) is 8.68. The van der Waals surface area contributed by atoms with E-state index in [1.807, 2.05) is 0 Å². The van der Waals surface area contributed by atoms with E-state index < -0.39 is 17.8 Å². The predicted molar refractivity (Wildman–Crippen MR) is 55.5 cm³/mol. The Morgan fingerprint density at radius 3 is 2.50 bits per heavy atom. The van der Waals surface area contributed by atoms with Crippen LogP contribution < -0.4 is 10.1 Å². The van der Waals surface area contributed by atoms with Gasteiger partial charge in [-0.25, -0.2) is 0 Å². The molecule has 1 amide bonds. The molecule has 0 radical (unpaired) electrons. The maximum absolute atomic E-state index is 11.7. The van der Waals surface area contributed by atoms with E-state index in [4.69, 9.17) is 0 Å². The van der Waals surface area contributed by atoms with Gasteiger partial charge in [0.05, 0.1) is 17.4 Å². The quantitative estimate of drug-likeness (QED) is 0.642. The Kier molecular flexibility index (Phi) is 2.44. The van der Waals surface area contributed by atoms with Crippen LogP contribution >= 0.6 is 0 Å². The van der Waals surface area contributed by atoms with Crippen LogP contribution in [0.25, 0.3) is 0 Å². The molecule has 0 bridgehead atoms. The molecule has 0 saturated heterocycles. The van der Waals surface area contributed by atoms with Crippen molar-refractivity contribution in [3.05, 3.63) is 30.3 Å². The number of hydrazone groups is 1. The number of carboxylic acids is 1. The number of nitrogens with zero attached hydrogens (tertiary/aromatic N) is 2. The van der Waals surface area contributed by atoms with E-state index >= 15 is 0 Å². The summed E-state index contributed by atoms with van der Waals surface area (Å²) in [5, 5.41) is 15.8. The fraction of sp³-hybridized carbons (Fsp3) is 0.182. The van der Waals surface area contributed by atoms with Gasteiger partial charge in [0, 0.05) is 0 Å². The van der Waals surface area contributed by atoms with Gasteiger partial charge in [-0.15, -0.1) is 0 Å². The van der Waals surface area contributed by atoms with Crippen molar-refractivity contribution < 1.29 is 14.7 Å². The lowest BCUT2D eigenvalue weighted by Gasteiger charge is -2.14. The second-order valence-corrected chi connectivity index (χ2v) is 3.48. The summed E-state index contributed by atoms with van der Waals surface area (Å²) >= 11 is 0. The van der Waals surface area contributed by atoms with E-state index in [2.05, 4.69) is 5.10 Å². The monoisotopic (exact) mass is 217 g/mol. The van der Waals surface area contributed by atoms with Crippen molar-refractivity contribution in [1.82, 2.24) is 0 Å². The number of carbonyl (C=O) groups excluding carboxylic acids is 2. The van der Waals surface area contributed by atoms with Crippen LogP contribution in [-0.2, 0) is 9.59 Å². The molecular weight excluding hydrogens is 208 g/mol. The first-order valence-electron chi connectivity index (χ1n) is 4.76. The average molecular weight is 217 g/mol. The molecule has 16 heavy (non-hydrogen) atoms. The second kappa shape index (κ2) is 3.77. The Morgan fingerprint density at radius 1 is 1.38 bits per heavy atom. The highest BCUT2D eigenvalue weighted by Gasteiger charge is 2.35.